The van der Waals surface area contributed by atoms with Crippen LogP contribution in [0, 0.1) is 0 Å². The molecule has 70 valence electrons. The topological polar surface area (TPSA) is 33.2 Å². The van der Waals surface area contributed by atoms with E-state index in [1.165, 1.54) is 0 Å². The van der Waals surface area contributed by atoms with Gasteiger partial charge in [0.15, 0.2) is 6.29 Å². The highest BCUT2D eigenvalue weighted by atomic mass is 35.5. The standard InChI is InChI=1S/C8H8Cl2N2O/c1-12(2)6-3-7(9)11-8(10)5(6)4-13/h3-4H,1-2H3. The number of carbonyl (C=O) groups excluding carboxylic acids is 1. The van der Waals surface area contributed by atoms with Crippen LogP contribution in [0.15, 0.2) is 6.07 Å². The first-order valence-corrected chi connectivity index (χ1v) is 4.30. The second kappa shape index (κ2) is 3.94. The molecule has 0 spiro atoms. The minimum atomic E-state index is 0.131. The smallest absolute Gasteiger partial charge is 0.155 e. The summed E-state index contributed by atoms with van der Waals surface area (Å²) in [5.41, 5.74) is 1.02. The number of carbonyl (C=O) groups is 1. The molecule has 0 N–H and O–H groups in total. The summed E-state index contributed by atoms with van der Waals surface area (Å²) in [6.07, 6.45) is 0.668. The summed E-state index contributed by atoms with van der Waals surface area (Å²) in [6.45, 7) is 0. The van der Waals surface area contributed by atoms with Crippen molar-refractivity contribution in [1.82, 2.24) is 4.98 Å². The van der Waals surface area contributed by atoms with Gasteiger partial charge in [-0.3, -0.25) is 4.79 Å². The van der Waals surface area contributed by atoms with E-state index in [0.29, 0.717) is 17.5 Å². The van der Waals surface area contributed by atoms with Gasteiger partial charge in [-0.25, -0.2) is 4.98 Å². The lowest BCUT2D eigenvalue weighted by Crippen LogP contribution is -2.12. The summed E-state index contributed by atoms with van der Waals surface area (Å²) in [5.74, 6) is 0. The Balaban J connectivity index is 3.38. The normalized spacial score (nSPS) is 9.85. The summed E-state index contributed by atoms with van der Waals surface area (Å²) in [7, 11) is 3.60. The molecule has 1 aromatic rings. The van der Waals surface area contributed by atoms with E-state index in [-0.39, 0.29) is 10.3 Å². The van der Waals surface area contributed by atoms with Crippen LogP contribution in [0.25, 0.3) is 0 Å². The molecule has 1 rings (SSSR count). The second-order valence-corrected chi connectivity index (χ2v) is 3.43. The lowest BCUT2D eigenvalue weighted by atomic mass is 10.2. The molecule has 1 aromatic heterocycles. The van der Waals surface area contributed by atoms with Gasteiger partial charge < -0.3 is 4.90 Å². The molecule has 0 radical (unpaired) electrons. The molecule has 0 saturated heterocycles. The Bertz CT molecular complexity index is 339. The second-order valence-electron chi connectivity index (χ2n) is 2.68. The third kappa shape index (κ3) is 2.11. The Morgan fingerprint density at radius 3 is 2.54 bits per heavy atom. The van der Waals surface area contributed by atoms with Gasteiger partial charge in [0.05, 0.1) is 11.3 Å². The number of halogens is 2. The van der Waals surface area contributed by atoms with Gasteiger partial charge in [-0.15, -0.1) is 0 Å². The third-order valence-corrected chi connectivity index (χ3v) is 2.04. The molecule has 1 heterocycles. The van der Waals surface area contributed by atoms with Crippen LogP contribution < -0.4 is 4.90 Å². The monoisotopic (exact) mass is 218 g/mol. The van der Waals surface area contributed by atoms with E-state index in [0.717, 1.165) is 0 Å². The fourth-order valence-electron chi connectivity index (χ4n) is 0.962. The zero-order chi connectivity index (χ0) is 10.0. The molecule has 0 fully saturated rings. The van der Waals surface area contributed by atoms with E-state index in [2.05, 4.69) is 4.98 Å². The van der Waals surface area contributed by atoms with E-state index < -0.39 is 0 Å². The molecule has 3 nitrogen and oxygen atoms in total. The van der Waals surface area contributed by atoms with Crippen molar-refractivity contribution in [1.29, 1.82) is 0 Å². The van der Waals surface area contributed by atoms with Crippen molar-refractivity contribution in [3.63, 3.8) is 0 Å². The molecule has 0 aliphatic rings. The molecule has 0 aromatic carbocycles. The number of hydrogen-bond acceptors (Lipinski definition) is 3. The van der Waals surface area contributed by atoms with E-state index in [1.807, 2.05) is 0 Å². The van der Waals surface area contributed by atoms with Crippen LogP contribution in [0.3, 0.4) is 0 Å². The molecule has 0 bridgehead atoms. The SMILES string of the molecule is CN(C)c1cc(Cl)nc(Cl)c1C=O. The highest BCUT2D eigenvalue weighted by molar-refractivity contribution is 6.34. The van der Waals surface area contributed by atoms with Crippen LogP contribution in [0.2, 0.25) is 10.3 Å². The van der Waals surface area contributed by atoms with Crippen LogP contribution in [-0.2, 0) is 0 Å². The Morgan fingerprint density at radius 2 is 2.08 bits per heavy atom. The summed E-state index contributed by atoms with van der Waals surface area (Å²) in [6, 6.07) is 1.59. The molecule has 0 unspecified atom stereocenters. The lowest BCUT2D eigenvalue weighted by molar-refractivity contribution is 0.112. The van der Waals surface area contributed by atoms with Gasteiger partial charge in [0.1, 0.15) is 10.3 Å². The molecule has 13 heavy (non-hydrogen) atoms. The van der Waals surface area contributed by atoms with Gasteiger partial charge in [0.25, 0.3) is 0 Å². The number of aromatic nitrogens is 1. The molecule has 0 amide bonds. The molecule has 0 aliphatic heterocycles. The highest BCUT2D eigenvalue weighted by Crippen LogP contribution is 2.26. The minimum Gasteiger partial charge on any atom is -0.377 e. The van der Waals surface area contributed by atoms with Gasteiger partial charge in [0.2, 0.25) is 0 Å². The number of rotatable bonds is 2. The van der Waals surface area contributed by atoms with E-state index in [4.69, 9.17) is 23.2 Å². The van der Waals surface area contributed by atoms with Crippen LogP contribution >= 0.6 is 23.2 Å². The van der Waals surface area contributed by atoms with Crippen molar-refractivity contribution in [2.75, 3.05) is 19.0 Å². The molecule has 0 atom stereocenters. The first-order valence-electron chi connectivity index (χ1n) is 3.54. The summed E-state index contributed by atoms with van der Waals surface area (Å²) in [4.78, 5) is 16.2. The number of hydrogen-bond donors (Lipinski definition) is 0. The van der Waals surface area contributed by atoms with Crippen molar-refractivity contribution in [2.45, 2.75) is 0 Å². The van der Waals surface area contributed by atoms with Gasteiger partial charge in [-0.2, -0.15) is 0 Å². The molecular formula is C8H8Cl2N2O. The average Bonchev–Trinajstić information content (AvgIpc) is 2.02. The van der Waals surface area contributed by atoms with Crippen LogP contribution in [0.1, 0.15) is 10.4 Å². The van der Waals surface area contributed by atoms with Crippen molar-refractivity contribution in [3.8, 4) is 0 Å². The molecular weight excluding hydrogens is 211 g/mol. The quantitative estimate of drug-likeness (QED) is 0.565. The number of aldehydes is 1. The Morgan fingerprint density at radius 1 is 1.46 bits per heavy atom. The van der Waals surface area contributed by atoms with Crippen molar-refractivity contribution >= 4 is 35.2 Å². The molecule has 5 heteroatoms. The van der Waals surface area contributed by atoms with Crippen molar-refractivity contribution in [2.24, 2.45) is 0 Å². The summed E-state index contributed by atoms with van der Waals surface area (Å²) in [5, 5.41) is 0.408. The zero-order valence-electron chi connectivity index (χ0n) is 7.21. The first-order chi connectivity index (χ1) is 6.06. The largest absolute Gasteiger partial charge is 0.377 e. The van der Waals surface area contributed by atoms with Gasteiger partial charge >= 0.3 is 0 Å². The average molecular weight is 219 g/mol. The zero-order valence-corrected chi connectivity index (χ0v) is 8.73. The Labute approximate surface area is 86.3 Å². The minimum absolute atomic E-state index is 0.131. The maximum absolute atomic E-state index is 10.7. The van der Waals surface area contributed by atoms with Crippen molar-refractivity contribution in [3.05, 3.63) is 21.9 Å². The van der Waals surface area contributed by atoms with Crippen LogP contribution in [-0.4, -0.2) is 25.4 Å². The lowest BCUT2D eigenvalue weighted by Gasteiger charge is -2.15. The fraction of sp³-hybridized carbons (Fsp3) is 0.250. The maximum atomic E-state index is 10.7. The summed E-state index contributed by atoms with van der Waals surface area (Å²) < 4.78 is 0. The summed E-state index contributed by atoms with van der Waals surface area (Å²) >= 11 is 11.4. The maximum Gasteiger partial charge on any atom is 0.155 e. The number of pyridine rings is 1. The highest BCUT2D eigenvalue weighted by Gasteiger charge is 2.10. The van der Waals surface area contributed by atoms with Gasteiger partial charge in [-0.1, -0.05) is 23.2 Å². The van der Waals surface area contributed by atoms with Gasteiger partial charge in [-0.05, 0) is 6.07 Å². The van der Waals surface area contributed by atoms with E-state index >= 15 is 0 Å². The fourth-order valence-corrected chi connectivity index (χ4v) is 1.43. The first kappa shape index (κ1) is 10.3. The number of anilines is 1. The van der Waals surface area contributed by atoms with Gasteiger partial charge in [0, 0.05) is 14.1 Å². The molecule has 0 saturated carbocycles. The predicted molar refractivity (Wildman–Crippen MR) is 54.0 cm³/mol. The van der Waals surface area contributed by atoms with Crippen LogP contribution in [0.5, 0.6) is 0 Å². The number of nitrogens with zero attached hydrogens (tertiary/aromatic N) is 2. The van der Waals surface area contributed by atoms with Crippen LogP contribution in [0.4, 0.5) is 5.69 Å². The van der Waals surface area contributed by atoms with E-state index in [9.17, 15) is 4.79 Å². The third-order valence-electron chi connectivity index (χ3n) is 1.56. The van der Waals surface area contributed by atoms with Crippen molar-refractivity contribution < 1.29 is 4.79 Å². The predicted octanol–water partition coefficient (Wildman–Crippen LogP) is 2.27. The molecule has 0 aliphatic carbocycles. The Kier molecular flexibility index (Phi) is 3.12. The van der Waals surface area contributed by atoms with E-state index in [1.54, 1.807) is 25.1 Å². The Hall–Kier alpha value is -0.800.